The molecule has 2 aromatic rings. The summed E-state index contributed by atoms with van der Waals surface area (Å²) in [5.74, 6) is 0.234. The fourth-order valence-electron chi connectivity index (χ4n) is 3.55. The third kappa shape index (κ3) is 2.62. The van der Waals surface area contributed by atoms with E-state index in [9.17, 15) is 4.79 Å². The minimum Gasteiger partial charge on any atom is -0.373 e. The largest absolute Gasteiger partial charge is 0.373 e. The predicted octanol–water partition coefficient (Wildman–Crippen LogP) is 4.18. The van der Waals surface area contributed by atoms with Gasteiger partial charge in [0.1, 0.15) is 0 Å². The van der Waals surface area contributed by atoms with Crippen LogP contribution in [0.1, 0.15) is 47.4 Å². The van der Waals surface area contributed by atoms with Crippen LogP contribution in [-0.4, -0.2) is 24.0 Å². The van der Waals surface area contributed by atoms with E-state index in [1.54, 1.807) is 22.7 Å². The second kappa shape index (κ2) is 6.14. The van der Waals surface area contributed by atoms with Crippen molar-refractivity contribution in [3.8, 4) is 0 Å². The lowest BCUT2D eigenvalue weighted by Crippen LogP contribution is -2.32. The summed E-state index contributed by atoms with van der Waals surface area (Å²) in [6.45, 7) is 1.61. The highest BCUT2D eigenvalue weighted by Crippen LogP contribution is 2.37. The Kier molecular flexibility index (Phi) is 4.03. The molecule has 0 aromatic carbocycles. The van der Waals surface area contributed by atoms with Gasteiger partial charge < -0.3 is 9.64 Å². The Labute approximate surface area is 138 Å². The number of thiophene rings is 2. The molecule has 116 valence electrons. The number of ether oxygens (including phenoxy) is 1. The number of rotatable bonds is 3. The van der Waals surface area contributed by atoms with E-state index in [2.05, 4.69) is 33.2 Å². The van der Waals surface area contributed by atoms with Crippen LogP contribution in [0.4, 0.5) is 0 Å². The quantitative estimate of drug-likeness (QED) is 0.843. The molecule has 4 rings (SSSR count). The van der Waals surface area contributed by atoms with Gasteiger partial charge in [-0.2, -0.15) is 11.3 Å². The molecule has 5 heteroatoms. The first-order chi connectivity index (χ1) is 10.8. The fourth-order valence-corrected chi connectivity index (χ4v) is 5.17. The molecular formula is C17H19NO2S2. The second-order valence-corrected chi connectivity index (χ2v) is 7.70. The SMILES string of the molecule is O=C(C[C@@H]1OCCc2sccc21)N1CCC[C@@H]1c1ccsc1. The zero-order valence-electron chi connectivity index (χ0n) is 12.4. The first-order valence-corrected chi connectivity index (χ1v) is 9.64. The first kappa shape index (κ1) is 14.4. The lowest BCUT2D eigenvalue weighted by molar-refractivity contribution is -0.135. The molecule has 0 N–H and O–H groups in total. The van der Waals surface area contributed by atoms with E-state index in [4.69, 9.17) is 4.74 Å². The molecule has 0 unspecified atom stereocenters. The number of carbonyl (C=O) groups is 1. The first-order valence-electron chi connectivity index (χ1n) is 7.82. The number of hydrogen-bond acceptors (Lipinski definition) is 4. The second-order valence-electron chi connectivity index (χ2n) is 5.91. The van der Waals surface area contributed by atoms with Gasteiger partial charge in [0, 0.05) is 17.8 Å². The fraction of sp³-hybridized carbons (Fsp3) is 0.471. The summed E-state index contributed by atoms with van der Waals surface area (Å²) in [5.41, 5.74) is 2.52. The maximum absolute atomic E-state index is 12.8. The molecule has 0 spiro atoms. The number of likely N-dealkylation sites (tertiary alicyclic amines) is 1. The standard InChI is InChI=1S/C17H19NO2S2/c19-17(10-15-13-5-9-22-16(13)3-7-20-15)18-6-1-2-14(18)12-4-8-21-11-12/h4-5,8-9,11,14-15H,1-3,6-7,10H2/t14-,15+/m1/s1. The zero-order chi connectivity index (χ0) is 14.9. The van der Waals surface area contributed by atoms with E-state index in [0.717, 1.165) is 32.4 Å². The van der Waals surface area contributed by atoms with Crippen molar-refractivity contribution in [2.75, 3.05) is 13.2 Å². The van der Waals surface area contributed by atoms with Crippen molar-refractivity contribution in [2.45, 2.75) is 37.8 Å². The number of fused-ring (bicyclic) bond motifs is 1. The Morgan fingerprint density at radius 1 is 1.36 bits per heavy atom. The molecule has 0 aliphatic carbocycles. The smallest absolute Gasteiger partial charge is 0.226 e. The van der Waals surface area contributed by atoms with Gasteiger partial charge >= 0.3 is 0 Å². The lowest BCUT2D eigenvalue weighted by Gasteiger charge is -2.28. The van der Waals surface area contributed by atoms with E-state index in [-0.39, 0.29) is 18.1 Å². The number of nitrogens with zero attached hydrogens (tertiary/aromatic N) is 1. The summed E-state index contributed by atoms with van der Waals surface area (Å²) in [7, 11) is 0. The van der Waals surface area contributed by atoms with Crippen molar-refractivity contribution in [1.82, 2.24) is 4.90 Å². The molecule has 0 saturated carbocycles. The molecule has 2 aromatic heterocycles. The Bertz CT molecular complexity index is 649. The van der Waals surface area contributed by atoms with E-state index in [1.165, 1.54) is 16.0 Å². The van der Waals surface area contributed by atoms with Crippen molar-refractivity contribution in [3.05, 3.63) is 44.3 Å². The van der Waals surface area contributed by atoms with E-state index in [1.807, 2.05) is 0 Å². The molecule has 1 fully saturated rings. The maximum Gasteiger partial charge on any atom is 0.226 e. The van der Waals surface area contributed by atoms with Gasteiger partial charge in [0.15, 0.2) is 0 Å². The summed E-state index contributed by atoms with van der Waals surface area (Å²) in [6, 6.07) is 4.54. The average Bonchev–Trinajstić information content (AvgIpc) is 3.27. The molecule has 3 nitrogen and oxygen atoms in total. The van der Waals surface area contributed by atoms with Gasteiger partial charge in [-0.25, -0.2) is 0 Å². The average molecular weight is 333 g/mol. The van der Waals surface area contributed by atoms with Crippen molar-refractivity contribution in [1.29, 1.82) is 0 Å². The summed E-state index contributed by atoms with van der Waals surface area (Å²) >= 11 is 3.49. The van der Waals surface area contributed by atoms with Gasteiger partial charge in [-0.3, -0.25) is 4.79 Å². The van der Waals surface area contributed by atoms with Crippen molar-refractivity contribution in [2.24, 2.45) is 0 Å². The van der Waals surface area contributed by atoms with Crippen molar-refractivity contribution in [3.63, 3.8) is 0 Å². The number of amides is 1. The Hall–Kier alpha value is -1.17. The minimum absolute atomic E-state index is 0.0498. The number of hydrogen-bond donors (Lipinski definition) is 0. The summed E-state index contributed by atoms with van der Waals surface area (Å²) in [6.07, 6.45) is 3.59. The molecule has 2 aliphatic rings. The van der Waals surface area contributed by atoms with Crippen LogP contribution >= 0.6 is 22.7 Å². The Morgan fingerprint density at radius 2 is 2.32 bits per heavy atom. The highest BCUT2D eigenvalue weighted by atomic mass is 32.1. The van der Waals surface area contributed by atoms with Crippen LogP contribution in [0.5, 0.6) is 0 Å². The highest BCUT2D eigenvalue weighted by Gasteiger charge is 2.33. The van der Waals surface area contributed by atoms with Crippen LogP contribution in [0.3, 0.4) is 0 Å². The van der Waals surface area contributed by atoms with Gasteiger partial charge in [0.2, 0.25) is 5.91 Å². The third-order valence-corrected chi connectivity index (χ3v) is 6.33. The molecular weight excluding hydrogens is 314 g/mol. The molecule has 0 radical (unpaired) electrons. The lowest BCUT2D eigenvalue weighted by atomic mass is 10.0. The van der Waals surface area contributed by atoms with Crippen LogP contribution in [0, 0.1) is 0 Å². The van der Waals surface area contributed by atoms with Gasteiger partial charge in [-0.05, 0) is 52.2 Å². The monoisotopic (exact) mass is 333 g/mol. The van der Waals surface area contributed by atoms with E-state index in [0.29, 0.717) is 6.42 Å². The van der Waals surface area contributed by atoms with Gasteiger partial charge in [-0.1, -0.05) is 0 Å². The van der Waals surface area contributed by atoms with Gasteiger partial charge in [0.25, 0.3) is 0 Å². The topological polar surface area (TPSA) is 29.5 Å². The molecule has 22 heavy (non-hydrogen) atoms. The van der Waals surface area contributed by atoms with Crippen LogP contribution in [0.25, 0.3) is 0 Å². The molecule has 1 saturated heterocycles. The van der Waals surface area contributed by atoms with E-state index < -0.39 is 0 Å². The molecule has 4 heterocycles. The zero-order valence-corrected chi connectivity index (χ0v) is 14.0. The van der Waals surface area contributed by atoms with Crippen molar-refractivity contribution >= 4 is 28.6 Å². The van der Waals surface area contributed by atoms with Crippen LogP contribution < -0.4 is 0 Å². The Balaban J connectivity index is 1.49. The summed E-state index contributed by atoms with van der Waals surface area (Å²) in [4.78, 5) is 16.3. The van der Waals surface area contributed by atoms with Crippen molar-refractivity contribution < 1.29 is 9.53 Å². The van der Waals surface area contributed by atoms with Gasteiger partial charge in [-0.15, -0.1) is 11.3 Å². The molecule has 2 aliphatic heterocycles. The van der Waals surface area contributed by atoms with Crippen LogP contribution in [0.15, 0.2) is 28.3 Å². The van der Waals surface area contributed by atoms with Gasteiger partial charge in [0.05, 0.1) is 25.2 Å². The summed E-state index contributed by atoms with van der Waals surface area (Å²) < 4.78 is 5.88. The van der Waals surface area contributed by atoms with Crippen LogP contribution in [-0.2, 0) is 16.0 Å². The maximum atomic E-state index is 12.8. The number of carbonyl (C=O) groups excluding carboxylic acids is 1. The summed E-state index contributed by atoms with van der Waals surface area (Å²) in [5, 5.41) is 6.38. The molecule has 1 amide bonds. The molecule has 0 bridgehead atoms. The van der Waals surface area contributed by atoms with E-state index >= 15 is 0 Å². The molecule has 2 atom stereocenters. The Morgan fingerprint density at radius 3 is 3.18 bits per heavy atom. The normalized spacial score (nSPS) is 24.5. The predicted molar refractivity (Wildman–Crippen MR) is 89.3 cm³/mol. The minimum atomic E-state index is -0.0498. The third-order valence-electron chi connectivity index (χ3n) is 4.64. The van der Waals surface area contributed by atoms with Crippen LogP contribution in [0.2, 0.25) is 0 Å². The highest BCUT2D eigenvalue weighted by molar-refractivity contribution is 7.10.